The van der Waals surface area contributed by atoms with Crippen LogP contribution in [0.15, 0.2) is 10.9 Å². The Kier molecular flexibility index (Phi) is 9.79. The van der Waals surface area contributed by atoms with Crippen LogP contribution in [0.25, 0.3) is 0 Å². The lowest BCUT2D eigenvalue weighted by molar-refractivity contribution is -0.143. The van der Waals surface area contributed by atoms with Crippen LogP contribution in [0.1, 0.15) is 94.3 Å². The molecule has 174 valence electrons. The molecule has 0 saturated heterocycles. The minimum Gasteiger partial charge on any atom is -0.467 e. The number of ether oxygens (including phenoxy) is 1. The van der Waals surface area contributed by atoms with E-state index in [0.29, 0.717) is 18.9 Å². The van der Waals surface area contributed by atoms with Crippen LogP contribution in [0.4, 0.5) is 0 Å². The molecule has 0 unspecified atom stereocenters. The first kappa shape index (κ1) is 25.2. The first-order valence-corrected chi connectivity index (χ1v) is 12.0. The van der Waals surface area contributed by atoms with Crippen LogP contribution in [0.5, 0.6) is 0 Å². The van der Waals surface area contributed by atoms with Gasteiger partial charge in [0.15, 0.2) is 0 Å². The Morgan fingerprint density at radius 2 is 1.87 bits per heavy atom. The van der Waals surface area contributed by atoms with E-state index in [2.05, 4.69) is 19.2 Å². The van der Waals surface area contributed by atoms with Crippen molar-refractivity contribution in [3.8, 4) is 0 Å². The summed E-state index contributed by atoms with van der Waals surface area (Å²) in [5, 5.41) is 2.76. The average Bonchev–Trinajstić information content (AvgIpc) is 2.75. The molecule has 1 fully saturated rings. The lowest BCUT2D eigenvalue weighted by atomic mass is 9.89. The van der Waals surface area contributed by atoms with Gasteiger partial charge >= 0.3 is 5.97 Å². The fourth-order valence-electron chi connectivity index (χ4n) is 4.65. The third-order valence-corrected chi connectivity index (χ3v) is 6.27. The van der Waals surface area contributed by atoms with Crippen molar-refractivity contribution >= 4 is 11.9 Å². The molecule has 1 aromatic heterocycles. The molecule has 1 aliphatic carbocycles. The van der Waals surface area contributed by atoms with Gasteiger partial charge in [-0.05, 0) is 55.6 Å². The average molecular weight is 433 g/mol. The van der Waals surface area contributed by atoms with Gasteiger partial charge in [0.05, 0.1) is 7.11 Å². The fourth-order valence-corrected chi connectivity index (χ4v) is 4.65. The van der Waals surface area contributed by atoms with E-state index in [4.69, 9.17) is 4.74 Å². The number of nitrogens with one attached hydrogen (secondary N) is 1. The summed E-state index contributed by atoms with van der Waals surface area (Å²) in [7, 11) is 1.31. The molecule has 1 amide bonds. The predicted octanol–water partition coefficient (Wildman–Crippen LogP) is 4.26. The number of rotatable bonds is 10. The monoisotopic (exact) mass is 432 g/mol. The molecule has 0 aromatic carbocycles. The van der Waals surface area contributed by atoms with Crippen LogP contribution in [-0.4, -0.2) is 29.6 Å². The molecule has 1 saturated carbocycles. The second-order valence-electron chi connectivity index (χ2n) is 9.23. The van der Waals surface area contributed by atoms with Gasteiger partial charge in [-0.25, -0.2) is 4.79 Å². The predicted molar refractivity (Wildman–Crippen MR) is 123 cm³/mol. The largest absolute Gasteiger partial charge is 0.467 e. The number of amides is 1. The maximum Gasteiger partial charge on any atom is 0.328 e. The number of methoxy groups -OCH3 is 1. The Hall–Kier alpha value is -2.11. The molecule has 2 rings (SSSR count). The van der Waals surface area contributed by atoms with Crippen molar-refractivity contribution in [3.05, 3.63) is 33.2 Å². The summed E-state index contributed by atoms with van der Waals surface area (Å²) in [6.45, 7) is 8.81. The molecular formula is C25H40N2O4. The van der Waals surface area contributed by atoms with E-state index in [1.54, 1.807) is 6.07 Å². The van der Waals surface area contributed by atoms with Crippen LogP contribution < -0.4 is 10.9 Å². The van der Waals surface area contributed by atoms with Gasteiger partial charge in [0, 0.05) is 12.2 Å². The number of carbonyl (C=O) groups excluding carboxylic acids is 2. The van der Waals surface area contributed by atoms with Crippen molar-refractivity contribution in [2.24, 2.45) is 11.8 Å². The number of nitrogens with zero attached hydrogens (tertiary/aromatic N) is 1. The highest BCUT2D eigenvalue weighted by Crippen LogP contribution is 2.26. The Bertz CT molecular complexity index is 806. The summed E-state index contributed by atoms with van der Waals surface area (Å²) < 4.78 is 6.73. The van der Waals surface area contributed by atoms with Gasteiger partial charge in [-0.2, -0.15) is 0 Å². The summed E-state index contributed by atoms with van der Waals surface area (Å²) in [6.07, 6.45) is 8.94. The Balaban J connectivity index is 2.43. The van der Waals surface area contributed by atoms with Gasteiger partial charge in [-0.15, -0.1) is 0 Å². The van der Waals surface area contributed by atoms with Gasteiger partial charge in [0.1, 0.15) is 11.6 Å². The zero-order valence-electron chi connectivity index (χ0n) is 20.0. The first-order valence-electron chi connectivity index (χ1n) is 12.0. The zero-order chi connectivity index (χ0) is 23.0. The van der Waals surface area contributed by atoms with Crippen LogP contribution in [0.2, 0.25) is 0 Å². The second-order valence-corrected chi connectivity index (χ2v) is 9.23. The Morgan fingerprint density at radius 1 is 1.19 bits per heavy atom. The van der Waals surface area contributed by atoms with E-state index in [1.165, 1.54) is 26.4 Å². The van der Waals surface area contributed by atoms with Crippen molar-refractivity contribution in [2.45, 2.75) is 98.1 Å². The summed E-state index contributed by atoms with van der Waals surface area (Å²) >= 11 is 0. The lowest BCUT2D eigenvalue weighted by Gasteiger charge is -2.26. The van der Waals surface area contributed by atoms with Gasteiger partial charge in [0.25, 0.3) is 11.5 Å². The van der Waals surface area contributed by atoms with Crippen molar-refractivity contribution < 1.29 is 14.3 Å². The summed E-state index contributed by atoms with van der Waals surface area (Å²) in [5.74, 6) is -0.293. The fraction of sp³-hybridized carbons (Fsp3) is 0.720. The number of hydrogen-bond donors (Lipinski definition) is 1. The zero-order valence-corrected chi connectivity index (χ0v) is 20.0. The first-order chi connectivity index (χ1) is 14.8. The number of aryl methyl sites for hydroxylation is 1. The van der Waals surface area contributed by atoms with Crippen LogP contribution in [-0.2, 0) is 28.9 Å². The normalized spacial score (nSPS) is 15.7. The van der Waals surface area contributed by atoms with E-state index in [0.717, 1.165) is 43.4 Å². The number of hydrogen-bond acceptors (Lipinski definition) is 4. The lowest BCUT2D eigenvalue weighted by Crippen LogP contribution is -2.45. The van der Waals surface area contributed by atoms with Crippen LogP contribution in [0, 0.1) is 11.8 Å². The SMILES string of the molecule is CCCc1c(CC)cc(C(=O)N[C@@H](CC(C)C)C(=O)OC)c(=O)n1CC1CCCCC1. The van der Waals surface area contributed by atoms with Gasteiger partial charge in [0.2, 0.25) is 0 Å². The van der Waals surface area contributed by atoms with Crippen molar-refractivity contribution in [3.63, 3.8) is 0 Å². The van der Waals surface area contributed by atoms with Crippen molar-refractivity contribution in [1.82, 2.24) is 9.88 Å². The molecule has 6 nitrogen and oxygen atoms in total. The molecule has 0 spiro atoms. The van der Waals surface area contributed by atoms with Crippen molar-refractivity contribution in [2.75, 3.05) is 7.11 Å². The molecule has 1 aliphatic rings. The molecule has 31 heavy (non-hydrogen) atoms. The highest BCUT2D eigenvalue weighted by atomic mass is 16.5. The van der Waals surface area contributed by atoms with Gasteiger partial charge < -0.3 is 14.6 Å². The van der Waals surface area contributed by atoms with E-state index >= 15 is 0 Å². The second kappa shape index (κ2) is 12.1. The number of aromatic nitrogens is 1. The standard InChI is InChI=1S/C25H40N2O4/c1-6-11-22-19(7-2)15-20(23(28)26-21(14-17(3)4)25(30)31-5)24(29)27(22)16-18-12-9-8-10-13-18/h15,17-18,21H,6-14,16H2,1-5H3,(H,26,28)/t21-/m0/s1. The maximum absolute atomic E-state index is 13.5. The molecule has 1 N–H and O–H groups in total. The van der Waals surface area contributed by atoms with Crippen molar-refractivity contribution in [1.29, 1.82) is 0 Å². The summed E-state index contributed by atoms with van der Waals surface area (Å²) in [4.78, 5) is 38.8. The third-order valence-electron chi connectivity index (χ3n) is 6.27. The summed E-state index contributed by atoms with van der Waals surface area (Å²) in [6, 6.07) is 0.980. The molecule has 0 aliphatic heterocycles. The minimum absolute atomic E-state index is 0.130. The maximum atomic E-state index is 13.5. The van der Waals surface area contributed by atoms with Gasteiger partial charge in [-0.3, -0.25) is 9.59 Å². The topological polar surface area (TPSA) is 77.4 Å². The highest BCUT2D eigenvalue weighted by Gasteiger charge is 2.26. The minimum atomic E-state index is -0.760. The highest BCUT2D eigenvalue weighted by molar-refractivity contribution is 5.96. The third kappa shape index (κ3) is 6.68. The molecular weight excluding hydrogens is 392 g/mol. The summed E-state index contributed by atoms with van der Waals surface area (Å²) in [5.41, 5.74) is 1.99. The molecule has 1 atom stereocenters. The molecule has 0 radical (unpaired) electrons. The number of pyridine rings is 1. The number of carbonyl (C=O) groups is 2. The Labute approximate surface area is 186 Å². The quantitative estimate of drug-likeness (QED) is 0.561. The molecule has 0 bridgehead atoms. The smallest absolute Gasteiger partial charge is 0.328 e. The molecule has 1 aromatic rings. The van der Waals surface area contributed by atoms with E-state index in [-0.39, 0.29) is 17.0 Å². The van der Waals surface area contributed by atoms with Crippen LogP contribution in [0.3, 0.4) is 0 Å². The van der Waals surface area contributed by atoms with E-state index in [1.807, 2.05) is 18.4 Å². The van der Waals surface area contributed by atoms with E-state index < -0.39 is 17.9 Å². The number of esters is 1. The molecule has 6 heteroatoms. The van der Waals surface area contributed by atoms with Gasteiger partial charge in [-0.1, -0.05) is 53.4 Å². The van der Waals surface area contributed by atoms with E-state index in [9.17, 15) is 14.4 Å². The Morgan fingerprint density at radius 3 is 2.42 bits per heavy atom. The molecule has 1 heterocycles. The van der Waals surface area contributed by atoms with Crippen LogP contribution >= 0.6 is 0 Å².